The molecular weight excluding hydrogens is 1550 g/mol. The lowest BCUT2D eigenvalue weighted by atomic mass is 10.00. The van der Waals surface area contributed by atoms with Gasteiger partial charge in [0.05, 0.1) is 22.6 Å². The van der Waals surface area contributed by atoms with Gasteiger partial charge in [-0.05, 0) is 223 Å². The quantitative estimate of drug-likeness (QED) is 0.0125. The topological polar surface area (TPSA) is 229 Å². The Bertz CT molecular complexity index is 5640. The van der Waals surface area contributed by atoms with Crippen molar-refractivity contribution in [2.45, 2.75) is 52.6 Å². The number of nitrogens with two attached hydrogens (primary N) is 1. The van der Waals surface area contributed by atoms with Gasteiger partial charge < -0.3 is 29.9 Å². The fraction of sp³-hybridized carbons (Fsp3) is 0.103. The van der Waals surface area contributed by atoms with E-state index in [-0.39, 0.29) is 30.2 Å². The molecule has 3 atom stereocenters. The molecule has 0 fully saturated rings. The molecule has 3 heterocycles. The fourth-order valence-electron chi connectivity index (χ4n) is 11.9. The van der Waals surface area contributed by atoms with Crippen LogP contribution in [0, 0.1) is 12.8 Å². The van der Waals surface area contributed by atoms with Crippen LogP contribution in [0.5, 0.6) is 28.7 Å². The largest absolute Gasteiger partial charge is 0.527 e. The number of carbonyl (C=O) groups is 3. The van der Waals surface area contributed by atoms with Crippen molar-refractivity contribution in [2.24, 2.45) is 5.92 Å². The van der Waals surface area contributed by atoms with Crippen LogP contribution in [-0.2, 0) is 19.8 Å². The number of rotatable bonds is 24. The number of benzene rings is 12. The highest BCUT2D eigenvalue weighted by Crippen LogP contribution is 2.45. The first-order valence-electron chi connectivity index (χ1n) is 37.5. The molecule has 0 saturated heterocycles. The molecule has 0 amide bonds. The summed E-state index contributed by atoms with van der Waals surface area (Å²) in [5, 5.41) is 20.6. The molecule has 116 heavy (non-hydrogen) atoms. The molecule has 6 N–H and O–H groups in total. The molecule has 584 valence electrons. The van der Waals surface area contributed by atoms with Crippen LogP contribution in [0.4, 0.5) is 5.69 Å². The van der Waals surface area contributed by atoms with E-state index in [0.29, 0.717) is 33.9 Å². The molecule has 0 saturated carbocycles. The molecule has 12 aromatic carbocycles. The van der Waals surface area contributed by atoms with E-state index in [2.05, 4.69) is 165 Å². The van der Waals surface area contributed by atoms with Crippen molar-refractivity contribution >= 4 is 73.8 Å². The van der Waals surface area contributed by atoms with E-state index >= 15 is 0 Å². The molecule has 0 aliphatic carbocycles. The Morgan fingerprint density at radius 2 is 0.862 bits per heavy atom. The van der Waals surface area contributed by atoms with Crippen molar-refractivity contribution in [3.63, 3.8) is 0 Å². The van der Waals surface area contributed by atoms with Crippen molar-refractivity contribution in [1.29, 1.82) is 0 Å². The number of phosphoric ester groups is 1. The van der Waals surface area contributed by atoms with Crippen LogP contribution in [0.15, 0.2) is 345 Å². The first-order chi connectivity index (χ1) is 56.3. The number of unbranched alkanes of at least 4 members (excludes halogenated alkanes) is 1. The van der Waals surface area contributed by atoms with Gasteiger partial charge in [0.2, 0.25) is 6.16 Å². The van der Waals surface area contributed by atoms with Gasteiger partial charge in [0, 0.05) is 30.8 Å². The van der Waals surface area contributed by atoms with Crippen LogP contribution in [0.25, 0.3) is 86.3 Å². The van der Waals surface area contributed by atoms with Crippen molar-refractivity contribution in [2.75, 3.05) is 12.3 Å². The minimum Gasteiger partial charge on any atom is -0.508 e. The summed E-state index contributed by atoms with van der Waals surface area (Å²) in [7, 11) is -6.26. The van der Waals surface area contributed by atoms with Crippen molar-refractivity contribution in [1.82, 2.24) is 0 Å². The zero-order valence-electron chi connectivity index (χ0n) is 64.0. The average molecular weight is 1630 g/mol. The number of aromatic hydroxyl groups is 2. The SMILES string of the molecule is CCCCC(CC)COP(=O)(O)Oc1ccc(-c2ccc(-c3ccccc3)cc2)cc1.Cc1cc(OC(=O)c2ccc(O)cc2)ccc1OC(=O)c1ccc(O)cc1.Nc1ccc(-c2ccc(-c3ccccc3)cc2)cc1.O=Cc1ccc(-c2ccc(-c3cccs3)s2)s1.O=[P+](O)Cc1ccc(-c2ccc(-c3ccccc3)cc2)cc1. The number of carbonyl (C=O) groups excluding carboxylic acids is 3. The van der Waals surface area contributed by atoms with E-state index in [9.17, 15) is 38.6 Å². The monoisotopic (exact) mass is 1630 g/mol. The number of phenolic OH excluding ortho intramolecular Hbond substituents is 2. The van der Waals surface area contributed by atoms with Gasteiger partial charge in [0.1, 0.15) is 28.7 Å². The number of phenols is 2. The van der Waals surface area contributed by atoms with Gasteiger partial charge in [-0.1, -0.05) is 251 Å². The van der Waals surface area contributed by atoms with E-state index < -0.39 is 27.8 Å². The third-order valence-electron chi connectivity index (χ3n) is 18.4. The van der Waals surface area contributed by atoms with Gasteiger partial charge in [-0.25, -0.2) is 14.2 Å². The molecule has 0 bridgehead atoms. The molecule has 19 heteroatoms. The smallest absolute Gasteiger partial charge is 0.508 e. The first-order valence-corrected chi connectivity index (χ1v) is 42.9. The Morgan fingerprint density at radius 1 is 0.466 bits per heavy atom. The molecule has 14 nitrogen and oxygen atoms in total. The van der Waals surface area contributed by atoms with E-state index in [1.54, 1.807) is 59.1 Å². The number of hydrogen-bond donors (Lipinski definition) is 5. The molecule has 15 aromatic rings. The number of thiophene rings is 3. The predicted molar refractivity (Wildman–Crippen MR) is 473 cm³/mol. The summed E-state index contributed by atoms with van der Waals surface area (Å²) in [5.74, 6) is 0.203. The Morgan fingerprint density at radius 3 is 1.27 bits per heavy atom. The second-order valence-electron chi connectivity index (χ2n) is 26.7. The minimum absolute atomic E-state index is 0.0576. The minimum atomic E-state index is -4.14. The van der Waals surface area contributed by atoms with Crippen molar-refractivity contribution < 1.29 is 62.0 Å². The average Bonchev–Trinajstić information content (AvgIpc) is 1.69. The van der Waals surface area contributed by atoms with Crippen molar-refractivity contribution in [3.05, 3.63) is 372 Å². The summed E-state index contributed by atoms with van der Waals surface area (Å²) in [6.07, 6.45) is 5.21. The number of esters is 2. The fourth-order valence-corrected chi connectivity index (χ4v) is 16.1. The van der Waals surface area contributed by atoms with E-state index in [0.717, 1.165) is 75.9 Å². The highest BCUT2D eigenvalue weighted by Gasteiger charge is 2.25. The van der Waals surface area contributed by atoms with Crippen LogP contribution in [0.1, 0.15) is 81.0 Å². The summed E-state index contributed by atoms with van der Waals surface area (Å²) in [5.41, 5.74) is 22.5. The number of hydrogen-bond acceptors (Lipinski definition) is 15. The predicted octanol–water partition coefficient (Wildman–Crippen LogP) is 26.5. The van der Waals surface area contributed by atoms with Gasteiger partial charge in [-0.15, -0.1) is 34.0 Å². The van der Waals surface area contributed by atoms with Gasteiger partial charge in [0.25, 0.3) is 0 Å². The lowest BCUT2D eigenvalue weighted by Gasteiger charge is -2.18. The van der Waals surface area contributed by atoms with Crippen molar-refractivity contribution in [3.8, 4) is 115 Å². The Kier molecular flexibility index (Phi) is 31.2. The van der Waals surface area contributed by atoms with E-state index in [1.165, 1.54) is 119 Å². The van der Waals surface area contributed by atoms with Gasteiger partial charge in [0.15, 0.2) is 6.29 Å². The van der Waals surface area contributed by atoms with E-state index in [4.69, 9.17) is 29.1 Å². The zero-order valence-corrected chi connectivity index (χ0v) is 68.2. The maximum absolute atomic E-state index is 12.3. The highest BCUT2D eigenvalue weighted by atomic mass is 32.1. The molecular formula is C97H86NO13P2S3+. The molecule has 0 spiro atoms. The molecule has 0 aliphatic heterocycles. The summed E-state index contributed by atoms with van der Waals surface area (Å²) in [6.45, 7) is 6.15. The second kappa shape index (κ2) is 42.8. The molecule has 15 rings (SSSR count). The van der Waals surface area contributed by atoms with Gasteiger partial charge in [-0.3, -0.25) is 14.2 Å². The Labute approximate surface area is 689 Å². The number of phosphoric acid groups is 1. The number of ether oxygens (including phenoxy) is 2. The summed E-state index contributed by atoms with van der Waals surface area (Å²) < 4.78 is 44.3. The number of aryl methyl sites for hydroxylation is 1. The highest BCUT2D eigenvalue weighted by molar-refractivity contribution is 7.47. The second-order valence-corrected chi connectivity index (χ2v) is 32.3. The van der Waals surface area contributed by atoms with E-state index in [1.807, 2.05) is 115 Å². The lowest BCUT2D eigenvalue weighted by Crippen LogP contribution is -2.10. The Hall–Kier alpha value is -12.2. The third-order valence-corrected chi connectivity index (χ3v) is 23.3. The molecule has 3 unspecified atom stereocenters. The maximum atomic E-state index is 12.3. The lowest BCUT2D eigenvalue weighted by molar-refractivity contribution is 0.0718. The van der Waals surface area contributed by atoms with Crippen LogP contribution in [-0.4, -0.2) is 44.8 Å². The maximum Gasteiger partial charge on any atom is 0.527 e. The first kappa shape index (κ1) is 84.7. The number of nitrogen functional groups attached to an aromatic ring is 1. The molecule has 0 aliphatic rings. The number of aldehydes is 1. The third kappa shape index (κ3) is 25.6. The zero-order chi connectivity index (χ0) is 81.6. The standard InChI is InChI=1S/C26H31O4P.C21H16O6.C19H15O2P.C18H15N.C13H8OS3/c1-3-5-9-21(4-2)20-29-31(27,28)30-26-18-16-25(17-19-26)24-14-12-23(13-15-24)22-10-7-6-8-11-22;1-13-12-18(26-20(24)14-2-6-16(22)7-3-14)10-11-19(13)27-21(25)15-4-8-17(23)9-5-15;20-22(21)14-15-6-8-17(9-7-15)19-12-10-18(11-13-19)16-4-2-1-3-5-16;19-18-12-10-17(11-13-18)16-8-6-15(7-9-16)14-4-2-1-3-5-14;14-8-9-3-4-12(16-9)13-6-5-11(17-13)10-2-1-7-15-10/h6-8,10-19,21H,3-5,9,20H2,1-2H3,(H,27,28);2-12,22-23H,1H3;1-13H,14H2;1-13H,19H2;1-8H/p+1. The van der Waals surface area contributed by atoms with Gasteiger partial charge in [-0.2, -0.15) is 4.89 Å². The Balaban J connectivity index is 0.000000145. The molecule has 0 radical (unpaired) electrons. The summed E-state index contributed by atoms with van der Waals surface area (Å²) >= 11 is 5.07. The van der Waals surface area contributed by atoms with Crippen LogP contribution in [0.3, 0.4) is 0 Å². The van der Waals surface area contributed by atoms with Crippen LogP contribution >= 0.6 is 49.9 Å². The van der Waals surface area contributed by atoms with Crippen LogP contribution in [0.2, 0.25) is 0 Å². The summed E-state index contributed by atoms with van der Waals surface area (Å²) in [4.78, 5) is 59.7. The normalized spacial score (nSPS) is 11.5. The number of anilines is 1. The summed E-state index contributed by atoms with van der Waals surface area (Å²) in [6, 6.07) is 108. The van der Waals surface area contributed by atoms with Crippen LogP contribution < -0.4 is 19.7 Å². The van der Waals surface area contributed by atoms with Gasteiger partial charge >= 0.3 is 27.8 Å². The molecule has 3 aromatic heterocycles.